The van der Waals surface area contributed by atoms with Crippen LogP contribution in [0.5, 0.6) is 5.75 Å². The molecule has 6 nitrogen and oxygen atoms in total. The van der Waals surface area contributed by atoms with Crippen molar-refractivity contribution < 1.29 is 14.3 Å². The van der Waals surface area contributed by atoms with Gasteiger partial charge in [-0.25, -0.2) is 4.79 Å². The molecule has 6 heteroatoms. The second-order valence-corrected chi connectivity index (χ2v) is 7.52. The van der Waals surface area contributed by atoms with Crippen LogP contribution in [0.2, 0.25) is 0 Å². The van der Waals surface area contributed by atoms with E-state index in [0.29, 0.717) is 18.7 Å². The molecule has 0 unspecified atom stereocenters. The van der Waals surface area contributed by atoms with Gasteiger partial charge in [0.25, 0.3) is 0 Å². The zero-order valence-electron chi connectivity index (χ0n) is 16.0. The Morgan fingerprint density at radius 1 is 1.07 bits per heavy atom. The molecule has 0 aliphatic carbocycles. The summed E-state index contributed by atoms with van der Waals surface area (Å²) in [4.78, 5) is 23.4. The highest BCUT2D eigenvalue weighted by atomic mass is 16.5. The number of hydrogen-bond donors (Lipinski definition) is 3. The highest BCUT2D eigenvalue weighted by Crippen LogP contribution is 2.32. The number of carbonyl (C=O) groups excluding carboxylic acids is 2. The summed E-state index contributed by atoms with van der Waals surface area (Å²) < 4.78 is 5.09. The third kappa shape index (κ3) is 6.11. The second-order valence-electron chi connectivity index (χ2n) is 7.52. The van der Waals surface area contributed by atoms with Crippen molar-refractivity contribution in [2.75, 3.05) is 0 Å². The van der Waals surface area contributed by atoms with Crippen molar-refractivity contribution in [3.05, 3.63) is 65.2 Å². The lowest BCUT2D eigenvalue weighted by atomic mass is 9.85. The van der Waals surface area contributed by atoms with Gasteiger partial charge in [-0.2, -0.15) is 0 Å². The summed E-state index contributed by atoms with van der Waals surface area (Å²) in [6.45, 7) is 6.36. The summed E-state index contributed by atoms with van der Waals surface area (Å²) in [6.07, 6.45) is -0.376. The topological polar surface area (TPSA) is 107 Å². The van der Waals surface area contributed by atoms with E-state index < -0.39 is 12.1 Å². The van der Waals surface area contributed by atoms with Gasteiger partial charge in [-0.3, -0.25) is 4.79 Å². The molecule has 2 rings (SSSR count). The van der Waals surface area contributed by atoms with E-state index in [1.54, 1.807) is 12.1 Å². The molecule has 1 atom stereocenters. The van der Waals surface area contributed by atoms with E-state index in [1.807, 2.05) is 57.2 Å². The van der Waals surface area contributed by atoms with Crippen molar-refractivity contribution in [1.29, 1.82) is 0 Å². The molecule has 0 aromatic heterocycles. The molecule has 2 aromatic rings. The summed E-state index contributed by atoms with van der Waals surface area (Å²) >= 11 is 0. The molecule has 0 aliphatic rings. The van der Waals surface area contributed by atoms with Crippen molar-refractivity contribution in [1.82, 2.24) is 5.32 Å². The number of nitrogens with two attached hydrogens (primary N) is 2. The second kappa shape index (κ2) is 8.68. The van der Waals surface area contributed by atoms with Crippen molar-refractivity contribution in [3.63, 3.8) is 0 Å². The number of ether oxygens (including phenoxy) is 1. The van der Waals surface area contributed by atoms with Crippen molar-refractivity contribution >= 4 is 12.0 Å². The standard InChI is InChI=1S/C21H27N3O3/c1-21(2,3)16-11-15(9-10-18(16)27-20(23)26)13-24-19(25)17(22)12-14-7-5-4-6-8-14/h4-11,17H,12-13,22H2,1-3H3,(H2,23,26)(H,24,25)/t17-/m0/s1. The van der Waals surface area contributed by atoms with Crippen molar-refractivity contribution in [2.45, 2.75) is 45.2 Å². The van der Waals surface area contributed by atoms with Crippen LogP contribution in [0.4, 0.5) is 4.79 Å². The third-order valence-electron chi connectivity index (χ3n) is 4.16. The minimum absolute atomic E-state index is 0.214. The van der Waals surface area contributed by atoms with Crippen LogP contribution in [0.3, 0.4) is 0 Å². The van der Waals surface area contributed by atoms with Gasteiger partial charge >= 0.3 is 6.09 Å². The van der Waals surface area contributed by atoms with Crippen LogP contribution in [-0.4, -0.2) is 18.0 Å². The molecule has 0 saturated heterocycles. The summed E-state index contributed by atoms with van der Waals surface area (Å²) in [5.74, 6) is 0.208. The molecular weight excluding hydrogens is 342 g/mol. The van der Waals surface area contributed by atoms with Crippen LogP contribution in [-0.2, 0) is 23.2 Å². The first-order valence-corrected chi connectivity index (χ1v) is 8.84. The van der Waals surface area contributed by atoms with Gasteiger partial charge in [0, 0.05) is 12.1 Å². The van der Waals surface area contributed by atoms with E-state index in [-0.39, 0.29) is 11.3 Å². The predicted molar refractivity (Wildman–Crippen MR) is 105 cm³/mol. The maximum atomic E-state index is 12.3. The molecule has 0 heterocycles. The molecule has 0 bridgehead atoms. The summed E-state index contributed by atoms with van der Waals surface area (Å²) in [5.41, 5.74) is 13.6. The monoisotopic (exact) mass is 369 g/mol. The van der Waals surface area contributed by atoms with Gasteiger partial charge in [0.1, 0.15) is 5.75 Å². The van der Waals surface area contributed by atoms with E-state index in [1.165, 1.54) is 0 Å². The van der Waals surface area contributed by atoms with Gasteiger partial charge in [0.2, 0.25) is 5.91 Å². The maximum absolute atomic E-state index is 12.3. The molecule has 0 radical (unpaired) electrons. The molecule has 0 fully saturated rings. The number of carbonyl (C=O) groups is 2. The number of amides is 2. The van der Waals surface area contributed by atoms with Crippen LogP contribution in [0.25, 0.3) is 0 Å². The highest BCUT2D eigenvalue weighted by molar-refractivity contribution is 5.81. The van der Waals surface area contributed by atoms with Crippen LogP contribution >= 0.6 is 0 Å². The number of nitrogens with one attached hydrogen (secondary N) is 1. The fourth-order valence-corrected chi connectivity index (χ4v) is 2.75. The number of hydrogen-bond acceptors (Lipinski definition) is 4. The summed E-state index contributed by atoms with van der Waals surface area (Å²) in [6, 6.07) is 14.4. The van der Waals surface area contributed by atoms with Crippen LogP contribution in [0, 0.1) is 0 Å². The molecule has 5 N–H and O–H groups in total. The zero-order chi connectivity index (χ0) is 20.0. The minimum atomic E-state index is -0.853. The Kier molecular flexibility index (Phi) is 6.58. The smallest absolute Gasteiger partial charge is 0.409 e. The average molecular weight is 369 g/mol. The largest absolute Gasteiger partial charge is 0.410 e. The Morgan fingerprint density at radius 2 is 1.74 bits per heavy atom. The fourth-order valence-electron chi connectivity index (χ4n) is 2.75. The fraction of sp³-hybridized carbons (Fsp3) is 0.333. The quantitative estimate of drug-likeness (QED) is 0.727. The van der Waals surface area contributed by atoms with Gasteiger partial charge in [0.15, 0.2) is 0 Å². The van der Waals surface area contributed by atoms with Gasteiger partial charge in [-0.05, 0) is 35.1 Å². The number of primary amides is 1. The normalized spacial score (nSPS) is 12.3. The van der Waals surface area contributed by atoms with Gasteiger partial charge in [0.05, 0.1) is 6.04 Å². The SMILES string of the molecule is CC(C)(C)c1cc(CNC(=O)[C@@H](N)Cc2ccccc2)ccc1OC(N)=O. The summed E-state index contributed by atoms with van der Waals surface area (Å²) in [7, 11) is 0. The van der Waals surface area contributed by atoms with Crippen molar-refractivity contribution in [2.24, 2.45) is 11.5 Å². The Balaban J connectivity index is 2.04. The van der Waals surface area contributed by atoms with Gasteiger partial charge < -0.3 is 21.5 Å². The first-order chi connectivity index (χ1) is 12.7. The molecule has 2 aromatic carbocycles. The van der Waals surface area contributed by atoms with Crippen molar-refractivity contribution in [3.8, 4) is 5.75 Å². The maximum Gasteiger partial charge on any atom is 0.409 e. The van der Waals surface area contributed by atoms with E-state index in [0.717, 1.165) is 16.7 Å². The lowest BCUT2D eigenvalue weighted by Crippen LogP contribution is -2.41. The van der Waals surface area contributed by atoms with E-state index in [9.17, 15) is 9.59 Å². The number of benzene rings is 2. The lowest BCUT2D eigenvalue weighted by Gasteiger charge is -2.23. The van der Waals surface area contributed by atoms with E-state index in [2.05, 4.69) is 5.32 Å². The molecule has 0 saturated carbocycles. The molecule has 2 amide bonds. The van der Waals surface area contributed by atoms with Gasteiger partial charge in [-0.1, -0.05) is 57.2 Å². The third-order valence-corrected chi connectivity index (χ3v) is 4.16. The Labute approximate surface area is 159 Å². The molecule has 0 aliphatic heterocycles. The molecular formula is C21H27N3O3. The van der Waals surface area contributed by atoms with E-state index in [4.69, 9.17) is 16.2 Å². The Morgan fingerprint density at radius 3 is 2.33 bits per heavy atom. The van der Waals surface area contributed by atoms with E-state index >= 15 is 0 Å². The molecule has 27 heavy (non-hydrogen) atoms. The zero-order valence-corrected chi connectivity index (χ0v) is 16.0. The first-order valence-electron chi connectivity index (χ1n) is 8.84. The summed E-state index contributed by atoms with van der Waals surface area (Å²) in [5, 5.41) is 2.86. The Hall–Kier alpha value is -2.86. The molecule has 144 valence electrons. The lowest BCUT2D eigenvalue weighted by molar-refractivity contribution is -0.122. The average Bonchev–Trinajstić information content (AvgIpc) is 2.60. The Bertz CT molecular complexity index is 798. The molecule has 0 spiro atoms. The van der Waals surface area contributed by atoms with Crippen LogP contribution < -0.4 is 21.5 Å². The van der Waals surface area contributed by atoms with Crippen LogP contribution in [0.1, 0.15) is 37.5 Å². The van der Waals surface area contributed by atoms with Gasteiger partial charge in [-0.15, -0.1) is 0 Å². The number of rotatable bonds is 6. The minimum Gasteiger partial charge on any atom is -0.410 e. The predicted octanol–water partition coefficient (Wildman–Crippen LogP) is 2.63. The highest BCUT2D eigenvalue weighted by Gasteiger charge is 2.21. The first kappa shape index (κ1) is 20.5. The van der Waals surface area contributed by atoms with Crippen LogP contribution in [0.15, 0.2) is 48.5 Å².